The highest BCUT2D eigenvalue weighted by Crippen LogP contribution is 2.30. The molecule has 450 valence electrons. The Bertz CT molecular complexity index is 2440. The van der Waals surface area contributed by atoms with Crippen LogP contribution in [-0.2, 0) is 63.8 Å². The van der Waals surface area contributed by atoms with Crippen LogP contribution in [0.25, 0.3) is 0 Å². The third kappa shape index (κ3) is 20.0. The van der Waals surface area contributed by atoms with Crippen molar-refractivity contribution in [3.05, 3.63) is 71.5 Å². The van der Waals surface area contributed by atoms with Crippen molar-refractivity contribution in [1.82, 2.24) is 36.8 Å². The Hall–Kier alpha value is -6.34. The lowest BCUT2D eigenvalue weighted by atomic mass is 9.92. The number of unbranched alkanes of at least 4 members (excludes halogenated alkanes) is 3. The van der Waals surface area contributed by atoms with Crippen LogP contribution in [0, 0.1) is 17.8 Å². The second kappa shape index (κ2) is 32.3. The lowest BCUT2D eigenvalue weighted by molar-refractivity contribution is -0.160. The predicted octanol–water partition coefficient (Wildman–Crippen LogP) is 0.727. The third-order valence-corrected chi connectivity index (χ3v) is 16.0. The van der Waals surface area contributed by atoms with E-state index in [1.165, 1.54) is 45.7 Å². The second-order valence-electron chi connectivity index (χ2n) is 21.5. The molecule has 0 unspecified atom stereocenters. The average Bonchev–Trinajstić information content (AvgIpc) is 3.44. The quantitative estimate of drug-likeness (QED) is 0.0759. The lowest BCUT2D eigenvalue weighted by Gasteiger charge is -2.35. The molecule has 11 N–H and O–H groups in total. The number of likely N-dealkylation sites (N-methyl/N-ethyl adjacent to an activating group) is 1. The fourth-order valence-electron chi connectivity index (χ4n) is 9.13. The van der Waals surface area contributed by atoms with Crippen molar-refractivity contribution in [2.45, 2.75) is 173 Å². The molecule has 1 aliphatic carbocycles. The van der Waals surface area contributed by atoms with Crippen LogP contribution >= 0.6 is 11.8 Å². The molecule has 13 atom stereocenters. The summed E-state index contributed by atoms with van der Waals surface area (Å²) in [7, 11) is 1.34. The molecule has 3 heterocycles. The highest BCUT2D eigenvalue weighted by Gasteiger charge is 2.43. The normalized spacial score (nSPS) is 28.1. The number of fused-ring (bicyclic) bond motifs is 11. The third-order valence-electron chi connectivity index (χ3n) is 14.8. The van der Waals surface area contributed by atoms with Crippen molar-refractivity contribution in [3.8, 4) is 0 Å². The van der Waals surface area contributed by atoms with Crippen LogP contribution in [-0.4, -0.2) is 178 Å². The zero-order valence-electron chi connectivity index (χ0n) is 48.1. The zero-order valence-corrected chi connectivity index (χ0v) is 48.9. The molecule has 1 fully saturated rings. The summed E-state index contributed by atoms with van der Waals surface area (Å²) >= 11 is 1.45. The lowest BCUT2D eigenvalue weighted by Crippen LogP contribution is -2.62. The molecule has 1 aromatic carbocycles. The number of aliphatic hydroxyl groups is 3. The van der Waals surface area contributed by atoms with Crippen molar-refractivity contribution in [1.29, 1.82) is 0 Å². The SMILES string of the molecule is CC[C@H](C)[C@H]1NC(=O)[C@@H](NC(=O)[C@H](C)[C@H](O)C(C)C)[C@@H](C)OC(=O)[C@@H]2COC(=O)CNC(=O)/C=C/[C@](O)(CSCCCCCCN)[C@@H](C)OC3=CC=C(CC3)[C@H](NC1=O)C(=O)N(C)[C@@H](Cc1ccccc1)C(=O)N[C@H]([C@@H](C)O)C(=O)N2. The Labute approximate surface area is 479 Å². The van der Waals surface area contributed by atoms with E-state index in [1.54, 1.807) is 77.1 Å². The summed E-state index contributed by atoms with van der Waals surface area (Å²) in [5.74, 6) is -9.97. The molecular weight excluding hydrogens is 1070 g/mol. The van der Waals surface area contributed by atoms with Crippen LogP contribution in [0.1, 0.15) is 106 Å². The van der Waals surface area contributed by atoms with Crippen LogP contribution in [0.4, 0.5) is 0 Å². The van der Waals surface area contributed by atoms with E-state index in [0.29, 0.717) is 35.6 Å². The van der Waals surface area contributed by atoms with Crippen LogP contribution < -0.4 is 37.6 Å². The van der Waals surface area contributed by atoms with Gasteiger partial charge in [-0.1, -0.05) is 90.3 Å². The van der Waals surface area contributed by atoms with Gasteiger partial charge in [0.05, 0.1) is 23.9 Å². The van der Waals surface area contributed by atoms with Crippen molar-refractivity contribution in [2.75, 3.05) is 38.2 Å². The number of cyclic esters (lactones) is 1. The number of amides is 7. The minimum absolute atomic E-state index is 0.0755. The smallest absolute Gasteiger partial charge is 0.332 e. The number of ether oxygens (including phenoxy) is 3. The summed E-state index contributed by atoms with van der Waals surface area (Å²) < 4.78 is 17.6. The Morgan fingerprint density at radius 2 is 1.52 bits per heavy atom. The van der Waals surface area contributed by atoms with Crippen molar-refractivity contribution < 1.29 is 72.7 Å². The highest BCUT2D eigenvalue weighted by atomic mass is 32.2. The standard InChI is InChI=1S/C57H86N8O15S/c1-10-33(4)45-52(72)64-48-39-20-22-40(23-21-39)80-37(8)57(77,31-81-27-17-12-11-16-26-58)25-24-43(67)59-29-44(68)78-30-41(56(76)79-36(7)47(54(74)61-45)63-50(70)34(5)49(69)32(2)3)60-53(73)46(35(6)66)62-51(71)42(65(9)55(48)75)28-38-18-14-13-15-19-38/h13-15,18-20,22,24-25,32-37,41-42,45-49,66,69,77H,10-12,16-17,21,23,26-31,58H2,1-9H3,(H,59,67)(H,60,73)(H,61,74)(H,62,71)(H,63,70)(H,64,72)/b25-24+/t33-,34+,35+,36+,37+,41-,42-,45+,46+,47-,48-,49+,57-/m0/s1. The number of nitrogens with two attached hydrogens (primary N) is 1. The number of nitrogens with zero attached hydrogens (tertiary/aromatic N) is 1. The first-order valence-corrected chi connectivity index (χ1v) is 29.1. The first-order chi connectivity index (χ1) is 38.3. The van der Waals surface area contributed by atoms with Gasteiger partial charge in [0, 0.05) is 31.7 Å². The molecule has 3 aliphatic heterocycles. The second-order valence-corrected chi connectivity index (χ2v) is 22.6. The van der Waals surface area contributed by atoms with Crippen LogP contribution in [0.15, 0.2) is 66.0 Å². The molecule has 0 radical (unpaired) electrons. The van der Waals surface area contributed by atoms with E-state index in [9.17, 15) is 53.7 Å². The van der Waals surface area contributed by atoms with E-state index in [2.05, 4.69) is 31.9 Å². The van der Waals surface area contributed by atoms with Gasteiger partial charge in [0.2, 0.25) is 41.4 Å². The van der Waals surface area contributed by atoms with Crippen molar-refractivity contribution >= 4 is 65.1 Å². The number of aliphatic hydroxyl groups excluding tert-OH is 2. The Balaban J connectivity index is 1.99. The maximum atomic E-state index is 15.4. The van der Waals surface area contributed by atoms with Gasteiger partial charge < -0.3 is 72.1 Å². The largest absolute Gasteiger partial charge is 0.492 e. The van der Waals surface area contributed by atoms with Crippen LogP contribution in [0.3, 0.4) is 0 Å². The number of allylic oxidation sites excluding steroid dienone is 3. The number of thioether (sulfide) groups is 1. The van der Waals surface area contributed by atoms with Crippen molar-refractivity contribution in [2.24, 2.45) is 23.5 Å². The maximum Gasteiger partial charge on any atom is 0.332 e. The van der Waals surface area contributed by atoms with Gasteiger partial charge in [0.15, 0.2) is 6.04 Å². The monoisotopic (exact) mass is 1150 g/mol. The zero-order chi connectivity index (χ0) is 60.1. The predicted molar refractivity (Wildman–Crippen MR) is 302 cm³/mol. The number of carbonyl (C=O) groups excluding carboxylic acids is 9. The van der Waals surface area contributed by atoms with Gasteiger partial charge in [-0.3, -0.25) is 38.4 Å². The molecule has 1 saturated heterocycles. The van der Waals surface area contributed by atoms with Gasteiger partial charge in [-0.15, -0.1) is 0 Å². The summed E-state index contributed by atoms with van der Waals surface area (Å²) in [6.07, 6.45) is 3.93. The van der Waals surface area contributed by atoms with Gasteiger partial charge in [-0.2, -0.15) is 11.8 Å². The fourth-order valence-corrected chi connectivity index (χ4v) is 10.3. The summed E-state index contributed by atoms with van der Waals surface area (Å²) in [6.45, 7) is 11.1. The molecular formula is C57H86N8O15S. The van der Waals surface area contributed by atoms with Gasteiger partial charge >= 0.3 is 11.9 Å². The molecule has 81 heavy (non-hydrogen) atoms. The summed E-state index contributed by atoms with van der Waals surface area (Å²) in [4.78, 5) is 130. The van der Waals surface area contributed by atoms with Gasteiger partial charge in [0.1, 0.15) is 61.2 Å². The van der Waals surface area contributed by atoms with Crippen LogP contribution in [0.2, 0.25) is 0 Å². The minimum atomic E-state index is -1.97. The molecule has 23 nitrogen and oxygen atoms in total. The highest BCUT2D eigenvalue weighted by molar-refractivity contribution is 7.99. The van der Waals surface area contributed by atoms with Crippen molar-refractivity contribution in [3.63, 3.8) is 0 Å². The molecule has 5 rings (SSSR count). The molecule has 7 amide bonds. The Kier molecular flexibility index (Phi) is 26.8. The van der Waals surface area contributed by atoms with Gasteiger partial charge in [-0.05, 0) is 87.5 Å². The number of hydrogen-bond acceptors (Lipinski definition) is 17. The first-order valence-electron chi connectivity index (χ1n) is 27.9. The molecule has 4 bridgehead atoms. The van der Waals surface area contributed by atoms with E-state index >= 15 is 4.79 Å². The summed E-state index contributed by atoms with van der Waals surface area (Å²) in [5, 5.41) is 49.5. The number of benzene rings is 1. The van der Waals surface area contributed by atoms with E-state index in [-0.39, 0.29) is 25.0 Å². The Morgan fingerprint density at radius 3 is 2.15 bits per heavy atom. The van der Waals surface area contributed by atoms with E-state index in [4.69, 9.17) is 19.9 Å². The van der Waals surface area contributed by atoms with Crippen LogP contribution in [0.5, 0.6) is 0 Å². The van der Waals surface area contributed by atoms with Gasteiger partial charge in [0.25, 0.3) is 0 Å². The number of esters is 2. The van der Waals surface area contributed by atoms with E-state index < -0.39 is 150 Å². The van der Waals surface area contributed by atoms with E-state index in [0.717, 1.165) is 36.7 Å². The fraction of sp³-hybridized carbons (Fsp3) is 0.632. The molecule has 0 saturated carbocycles. The minimum Gasteiger partial charge on any atom is -0.492 e. The molecule has 24 heteroatoms. The van der Waals surface area contributed by atoms with Gasteiger partial charge in [-0.25, -0.2) is 4.79 Å². The summed E-state index contributed by atoms with van der Waals surface area (Å²) in [5.41, 5.74) is 4.82. The molecule has 0 spiro atoms. The number of nitrogens with one attached hydrogen (secondary N) is 6. The summed E-state index contributed by atoms with van der Waals surface area (Å²) in [6, 6.07) is -1.41. The van der Waals surface area contributed by atoms with E-state index in [1.807, 2.05) is 0 Å². The first kappa shape index (κ1) is 67.2. The maximum absolute atomic E-state index is 15.4. The number of carbonyl (C=O) groups is 9. The molecule has 1 aromatic rings. The topological polar surface area (TPSA) is 343 Å². The number of rotatable bonds is 17. The number of hydrogen-bond donors (Lipinski definition) is 10. The molecule has 0 aromatic heterocycles. The average molecular weight is 1160 g/mol. The molecule has 4 aliphatic rings. The Morgan fingerprint density at radius 1 is 0.852 bits per heavy atom.